The number of para-hydroxylation sites is 2. The summed E-state index contributed by atoms with van der Waals surface area (Å²) in [5.74, 6) is -17.2. The number of rotatable bonds is 26. The van der Waals surface area contributed by atoms with Crippen molar-refractivity contribution in [3.8, 4) is 0 Å². The lowest BCUT2D eigenvalue weighted by molar-refractivity contribution is -0.149. The van der Waals surface area contributed by atoms with Crippen LogP contribution in [0.15, 0.2) is 116 Å². The van der Waals surface area contributed by atoms with Crippen molar-refractivity contribution in [1.82, 2.24) is 103 Å². The predicted octanol–water partition coefficient (Wildman–Crippen LogP) is -0.349. The minimum absolute atomic E-state index is 0. The molecule has 13 atom stereocenters. The highest BCUT2D eigenvalue weighted by Crippen LogP contribution is 2.27. The number of H-pyrrole nitrogens is 3. The van der Waals surface area contributed by atoms with E-state index in [0.29, 0.717) is 75.3 Å². The number of benzene rings is 4. The molecule has 742 valence electrons. The van der Waals surface area contributed by atoms with Gasteiger partial charge in [0.2, 0.25) is 100 Å². The van der Waals surface area contributed by atoms with Crippen LogP contribution in [0.5, 0.6) is 0 Å². The van der Waals surface area contributed by atoms with Gasteiger partial charge in [-0.25, -0.2) is 4.98 Å². The Hall–Kier alpha value is -14.0. The fourth-order valence-electron chi connectivity index (χ4n) is 16.6. The van der Waals surface area contributed by atoms with Gasteiger partial charge in [-0.15, -0.1) is 11.8 Å². The third-order valence-corrected chi connectivity index (χ3v) is 25.2. The van der Waals surface area contributed by atoms with Crippen LogP contribution >= 0.6 is 11.8 Å². The molecule has 2 aliphatic heterocycles. The molecule has 0 spiro atoms. The second-order valence-electron chi connectivity index (χ2n) is 34.8. The van der Waals surface area contributed by atoms with E-state index in [1.54, 1.807) is 105 Å². The van der Waals surface area contributed by atoms with Crippen LogP contribution in [-0.2, 0) is 107 Å². The van der Waals surface area contributed by atoms with Gasteiger partial charge in [-0.1, -0.05) is 140 Å². The van der Waals surface area contributed by atoms with Gasteiger partial charge in [-0.05, 0) is 97.4 Å². The first-order chi connectivity index (χ1) is 64.9. The number of primary amides is 2. The van der Waals surface area contributed by atoms with Gasteiger partial charge >= 0.3 is 0 Å². The number of hydrogen-bond acceptors (Lipinski definition) is 21. The molecular formula is C94H132N24O18S. The zero-order valence-corrected chi connectivity index (χ0v) is 78.8. The number of guanidine groups is 1. The molecule has 2 fully saturated rings. The van der Waals surface area contributed by atoms with Gasteiger partial charge < -0.3 is 120 Å². The summed E-state index contributed by atoms with van der Waals surface area (Å²) in [6, 6.07) is 6.87. The zero-order valence-electron chi connectivity index (χ0n) is 78.0. The van der Waals surface area contributed by atoms with Gasteiger partial charge in [0.25, 0.3) is 0 Å². The van der Waals surface area contributed by atoms with Crippen molar-refractivity contribution in [3.63, 3.8) is 0 Å². The highest BCUT2D eigenvalue weighted by Gasteiger charge is 2.44. The van der Waals surface area contributed by atoms with Gasteiger partial charge in [-0.2, -0.15) is 0 Å². The Kier molecular flexibility index (Phi) is 41.3. The normalized spacial score (nSPS) is 23.0. The maximum absolute atomic E-state index is 15.7. The van der Waals surface area contributed by atoms with E-state index in [0.717, 1.165) is 41.6 Å². The maximum Gasteiger partial charge on any atom is 0.246 e. The fourth-order valence-corrected chi connectivity index (χ4v) is 17.5. The molecule has 5 heterocycles. The Morgan fingerprint density at radius 1 is 0.526 bits per heavy atom. The molecule has 137 heavy (non-hydrogen) atoms. The number of hydrogen-bond donors (Lipinski definition) is 19. The summed E-state index contributed by atoms with van der Waals surface area (Å²) < 4.78 is 0. The largest absolute Gasteiger partial charge is 0.394 e. The van der Waals surface area contributed by atoms with Crippen LogP contribution in [0.2, 0.25) is 0 Å². The molecule has 4 aromatic carbocycles. The summed E-state index contributed by atoms with van der Waals surface area (Å²) >= 11 is 0.798. The number of aromatic amines is 3. The number of aliphatic hydroxyl groups is 1. The maximum atomic E-state index is 15.7. The second kappa shape index (κ2) is 52.2. The molecule has 9 rings (SSSR count). The Balaban J connectivity index is 0.0000230. The fraction of sp³-hybridized carbons (Fsp3) is 0.500. The first kappa shape index (κ1) is 108. The first-order valence-corrected chi connectivity index (χ1v) is 46.8. The van der Waals surface area contributed by atoms with Crippen LogP contribution in [0.3, 0.4) is 0 Å². The molecular weight excluding hydrogens is 1790 g/mol. The smallest absolute Gasteiger partial charge is 0.246 e. The van der Waals surface area contributed by atoms with E-state index in [1.807, 2.05) is 26.0 Å². The minimum atomic E-state index is -1.85. The number of nitrogens with zero attached hydrogens (tertiary/aromatic N) is 6. The third kappa shape index (κ3) is 30.5. The predicted molar refractivity (Wildman–Crippen MR) is 514 cm³/mol. The van der Waals surface area contributed by atoms with Gasteiger partial charge in [-0.3, -0.25) is 86.9 Å². The topological polar surface area (TPSA) is 621 Å². The summed E-state index contributed by atoms with van der Waals surface area (Å²) in [4.78, 5) is 269. The number of unbranched alkanes of at least 4 members (excludes halogenated alkanes) is 2. The molecule has 42 nitrogen and oxygen atoms in total. The second-order valence-corrected chi connectivity index (χ2v) is 35.8. The summed E-state index contributed by atoms with van der Waals surface area (Å²) in [5.41, 5.74) is 20.1. The lowest BCUT2D eigenvalue weighted by atomic mass is 9.98. The van der Waals surface area contributed by atoms with E-state index in [9.17, 15) is 53.1 Å². The van der Waals surface area contributed by atoms with Crippen LogP contribution in [0, 0.1) is 11.3 Å². The molecule has 22 N–H and O–H groups in total. The third-order valence-electron chi connectivity index (χ3n) is 24.2. The number of aliphatic hydroxyl groups excluding tert-OH is 1. The molecule has 0 aliphatic carbocycles. The quantitative estimate of drug-likeness (QED) is 0.0187. The first-order valence-electron chi connectivity index (χ1n) is 45.6. The Bertz CT molecular complexity index is 5430. The van der Waals surface area contributed by atoms with Crippen molar-refractivity contribution in [3.05, 3.63) is 138 Å². The van der Waals surface area contributed by atoms with Crippen molar-refractivity contribution >= 4 is 151 Å². The molecule has 0 radical (unpaired) electrons. The number of likely N-dealkylation sites (N-methyl/N-ethyl adjacent to an activating group) is 4. The monoisotopic (exact) mass is 1920 g/mol. The van der Waals surface area contributed by atoms with Gasteiger partial charge in [0.05, 0.1) is 38.2 Å². The Morgan fingerprint density at radius 2 is 1.06 bits per heavy atom. The van der Waals surface area contributed by atoms with Crippen LogP contribution in [0.1, 0.15) is 141 Å². The number of thioether (sulfide) groups is 1. The van der Waals surface area contributed by atoms with Crippen LogP contribution in [0.25, 0.3) is 32.6 Å². The molecule has 0 unspecified atom stereocenters. The molecule has 3 aromatic heterocycles. The average Bonchev–Trinajstić information content (AvgIpc) is 1.60. The van der Waals surface area contributed by atoms with E-state index in [-0.39, 0.29) is 97.1 Å². The Morgan fingerprint density at radius 3 is 1.67 bits per heavy atom. The summed E-state index contributed by atoms with van der Waals surface area (Å²) in [7, 11) is 5.27. The molecule has 43 heteroatoms. The average molecular weight is 1920 g/mol. The van der Waals surface area contributed by atoms with Gasteiger partial charge in [0.1, 0.15) is 78.5 Å². The number of carbonyl (C=O) groups excluding carboxylic acids is 17. The molecule has 7 aromatic rings. The summed E-state index contributed by atoms with van der Waals surface area (Å²) in [5, 5.41) is 51.1. The molecule has 2 saturated heterocycles. The van der Waals surface area contributed by atoms with Crippen LogP contribution in [0.4, 0.5) is 0 Å². The Labute approximate surface area is 798 Å². The van der Waals surface area contributed by atoms with Crippen molar-refractivity contribution in [2.24, 2.45) is 23.1 Å². The molecule has 0 bridgehead atoms. The molecule has 17 amide bonds. The van der Waals surface area contributed by atoms with E-state index in [4.69, 9.17) is 22.6 Å². The molecule has 0 saturated carbocycles. The van der Waals surface area contributed by atoms with E-state index in [2.05, 4.69) is 78.4 Å². The van der Waals surface area contributed by atoms with Crippen molar-refractivity contribution < 1.29 is 86.6 Å². The minimum Gasteiger partial charge on any atom is -0.394 e. The highest BCUT2D eigenvalue weighted by atomic mass is 32.2. The van der Waals surface area contributed by atoms with Crippen LogP contribution in [-0.4, -0.2) is 307 Å². The van der Waals surface area contributed by atoms with Crippen molar-refractivity contribution in [2.75, 3.05) is 72.5 Å². The molecule has 2 aliphatic rings. The van der Waals surface area contributed by atoms with E-state index >= 15 is 33.6 Å². The number of amides is 17. The number of fused-ring (bicyclic) bond motifs is 4. The van der Waals surface area contributed by atoms with Gasteiger partial charge in [0.15, 0.2) is 5.96 Å². The van der Waals surface area contributed by atoms with Crippen molar-refractivity contribution in [1.29, 1.82) is 5.41 Å². The summed E-state index contributed by atoms with van der Waals surface area (Å²) in [6.07, 6.45) is 5.93. The number of nitrogens with two attached hydrogens (primary N) is 3. The number of aromatic nitrogens is 4. The number of imidazole rings is 1. The van der Waals surface area contributed by atoms with E-state index in [1.165, 1.54) is 47.6 Å². The van der Waals surface area contributed by atoms with Crippen molar-refractivity contribution in [2.45, 2.75) is 223 Å². The number of nitrogens with one attached hydrogen (secondary N) is 15. The SMILES string of the molecule is C.CCCC[C@H]1C(=O)N(C)[C@@H](CCCC)C(=O)N[C@@H](CCCNC(=N)N)C(=O)N[C@@H](C(=O)NCC(N)=O)CSCC(=O)N[C@@H](Cc2cccc3ccccc23)C(=O)N(C)[C@@H](C)C(=O)N[C@@H](CC(N)=O)C(=O)N2CCC[C@H]2C(=O)N[C@@H](Cc2cnc[nH]2)C(=O)N[C@@H](CC(C)C)C(=O)N(C)CC(=O)N[C@@H](Cc2c[nH]c3ccccc23)C(=O)N[C@@H](CO)C(=O)N[C@@H](Cc2c[nH]c3ccccc23)C(=O)N1C. The zero-order chi connectivity index (χ0) is 99.1. The summed E-state index contributed by atoms with van der Waals surface area (Å²) in [6.45, 7) is 5.92. The lowest BCUT2D eigenvalue weighted by Gasteiger charge is -2.36. The highest BCUT2D eigenvalue weighted by molar-refractivity contribution is 8.00. The van der Waals surface area contributed by atoms with Crippen LogP contribution < -0.4 is 75.7 Å². The number of carbonyl (C=O) groups is 17. The van der Waals surface area contributed by atoms with Gasteiger partial charge in [0, 0.05) is 119 Å². The lowest BCUT2D eigenvalue weighted by Crippen LogP contribution is -2.61. The van der Waals surface area contributed by atoms with E-state index < -0.39 is 223 Å². The standard InChI is InChI=1S/C93H128N24O18S.CH4/c1-10-12-32-73-86(129)106-64(31-21-35-99-93(96)97)82(125)112-72(81(124)102-46-77(95)120)49-136-50-79(122)105-68(38-55-25-20-24-54-23-14-15-26-59(54)55)89(132)114(7)53(5)80(123)108-70(42-76(94)119)91(134)117-36-22-34-74(117)87(130)107-66(41-58-45-98-51-103-58)84(127)109-67(37-52(3)4)88(131)113(6)47-78(121)104-65(39-56-43-100-62-29-18-16-27-60(56)62)83(126)111-71(48-118)85(128)110-69(40-57-44-101-63-30-19-17-28-61(57)63)90(133)116(9)75(33-13-11-2)92(135)115(73)8;/h14-20,23-30,43-45,51-53,64-75,100-101,118H,10-13,21-22,31-42,46-50H2,1-9H3,(H2,94,119)(H2,95,120)(H,98,103)(H,102,124)(H,104,121)(H,105,122)(H,106,129)(H,107,130)(H,108,123)(H,109,127)(H,110,128)(H,111,126)(H,112,125)(H4,96,97,99);1H4/t53-,64-,65-,66-,67-,68-,69-,70-,71-,72+,73-,74-,75-;/m0./s1.